The molecule has 1 amide bonds. The zero-order valence-electron chi connectivity index (χ0n) is 12.5. The van der Waals surface area contributed by atoms with E-state index in [4.69, 9.17) is 0 Å². The lowest BCUT2D eigenvalue weighted by Gasteiger charge is -2.30. The van der Waals surface area contributed by atoms with Crippen molar-refractivity contribution in [3.05, 3.63) is 29.3 Å². The molecule has 21 heavy (non-hydrogen) atoms. The largest absolute Gasteiger partial charge is 0.336 e. The molecule has 1 aromatic heterocycles. The van der Waals surface area contributed by atoms with E-state index in [1.165, 1.54) is 4.70 Å². The highest BCUT2D eigenvalue weighted by molar-refractivity contribution is 7.18. The summed E-state index contributed by atoms with van der Waals surface area (Å²) >= 11 is 1.68. The van der Waals surface area contributed by atoms with Crippen LogP contribution in [0, 0.1) is 5.92 Å². The summed E-state index contributed by atoms with van der Waals surface area (Å²) in [5.74, 6) is 0.413. The lowest BCUT2D eigenvalue weighted by molar-refractivity contribution is -0.137. The molecule has 0 aliphatic carbocycles. The first-order valence-electron chi connectivity index (χ1n) is 7.49. The zero-order valence-corrected chi connectivity index (χ0v) is 13.3. The van der Waals surface area contributed by atoms with Gasteiger partial charge in [-0.05, 0) is 45.0 Å². The summed E-state index contributed by atoms with van der Waals surface area (Å²) < 4.78 is 1.18. The quantitative estimate of drug-likeness (QED) is 0.948. The molecule has 0 bridgehead atoms. The molecule has 1 fully saturated rings. The average Bonchev–Trinajstić information content (AvgIpc) is 2.97. The van der Waals surface area contributed by atoms with E-state index in [-0.39, 0.29) is 17.9 Å². The number of nitrogens with one attached hydrogen (secondary N) is 1. The van der Waals surface area contributed by atoms with Crippen LogP contribution in [0.15, 0.2) is 24.3 Å². The third-order valence-electron chi connectivity index (χ3n) is 4.28. The fourth-order valence-electron chi connectivity index (χ4n) is 2.78. The van der Waals surface area contributed by atoms with Crippen molar-refractivity contribution in [1.29, 1.82) is 0 Å². The highest BCUT2D eigenvalue weighted by atomic mass is 32.1. The topological polar surface area (TPSA) is 45.2 Å². The maximum atomic E-state index is 12.6. The van der Waals surface area contributed by atoms with Crippen molar-refractivity contribution >= 4 is 27.5 Å². The zero-order chi connectivity index (χ0) is 14.8. The van der Waals surface area contributed by atoms with Gasteiger partial charge in [-0.15, -0.1) is 11.3 Å². The Bertz CT molecular complexity index is 600. The van der Waals surface area contributed by atoms with Crippen molar-refractivity contribution in [1.82, 2.24) is 15.2 Å². The van der Waals surface area contributed by atoms with Gasteiger partial charge >= 0.3 is 0 Å². The lowest BCUT2D eigenvalue weighted by Crippen LogP contribution is -2.40. The van der Waals surface area contributed by atoms with Crippen LogP contribution >= 0.6 is 11.3 Å². The lowest BCUT2D eigenvalue weighted by atomic mass is 9.96. The summed E-state index contributed by atoms with van der Waals surface area (Å²) in [5.41, 5.74) is 1.02. The van der Waals surface area contributed by atoms with E-state index in [0.29, 0.717) is 0 Å². The van der Waals surface area contributed by atoms with Crippen molar-refractivity contribution in [3.63, 3.8) is 0 Å². The smallest absolute Gasteiger partial charge is 0.226 e. The molecule has 1 atom stereocenters. The van der Waals surface area contributed by atoms with E-state index < -0.39 is 0 Å². The van der Waals surface area contributed by atoms with Crippen LogP contribution < -0.4 is 5.32 Å². The van der Waals surface area contributed by atoms with Gasteiger partial charge in [-0.2, -0.15) is 0 Å². The molecule has 1 N–H and O–H groups in total. The third-order valence-corrected chi connectivity index (χ3v) is 5.49. The van der Waals surface area contributed by atoms with E-state index in [0.717, 1.165) is 36.5 Å². The van der Waals surface area contributed by atoms with E-state index in [9.17, 15) is 4.79 Å². The molecule has 0 saturated carbocycles. The Morgan fingerprint density at radius 1 is 1.38 bits per heavy atom. The van der Waals surface area contributed by atoms with E-state index >= 15 is 0 Å². The van der Waals surface area contributed by atoms with E-state index in [1.807, 2.05) is 30.1 Å². The number of fused-ring (bicyclic) bond motifs is 1. The summed E-state index contributed by atoms with van der Waals surface area (Å²) in [6.07, 6.45) is 1.88. The first-order valence-corrected chi connectivity index (χ1v) is 8.31. The number of nitrogens with zero attached hydrogens (tertiary/aromatic N) is 2. The molecule has 2 aromatic rings. The Balaban J connectivity index is 1.76. The Morgan fingerprint density at radius 2 is 2.10 bits per heavy atom. The van der Waals surface area contributed by atoms with Gasteiger partial charge in [-0.25, -0.2) is 4.98 Å². The van der Waals surface area contributed by atoms with Gasteiger partial charge < -0.3 is 10.2 Å². The number of benzene rings is 1. The van der Waals surface area contributed by atoms with Crippen LogP contribution in [0.25, 0.3) is 10.2 Å². The second kappa shape index (κ2) is 6.12. The second-order valence-corrected chi connectivity index (χ2v) is 6.73. The molecule has 4 nitrogen and oxygen atoms in total. The van der Waals surface area contributed by atoms with Gasteiger partial charge in [-0.1, -0.05) is 12.1 Å². The number of hydrogen-bond donors (Lipinski definition) is 1. The molecule has 2 heterocycles. The Hall–Kier alpha value is -1.46. The van der Waals surface area contributed by atoms with Gasteiger partial charge in [0, 0.05) is 13.0 Å². The molecular weight excluding hydrogens is 282 g/mol. The van der Waals surface area contributed by atoms with Crippen molar-refractivity contribution < 1.29 is 4.79 Å². The summed E-state index contributed by atoms with van der Waals surface area (Å²) in [7, 11) is 1.90. The molecule has 3 rings (SSSR count). The Kier molecular flexibility index (Phi) is 4.22. The second-order valence-electron chi connectivity index (χ2n) is 5.67. The van der Waals surface area contributed by atoms with Crippen molar-refractivity contribution in [2.75, 3.05) is 20.1 Å². The van der Waals surface area contributed by atoms with Crippen LogP contribution in [0.2, 0.25) is 0 Å². The first kappa shape index (κ1) is 14.5. The molecular formula is C16H21N3OS. The van der Waals surface area contributed by atoms with E-state index in [2.05, 4.69) is 23.3 Å². The fourth-order valence-corrected chi connectivity index (χ4v) is 3.84. The number of rotatable bonds is 3. The molecule has 5 heteroatoms. The minimum Gasteiger partial charge on any atom is -0.336 e. The van der Waals surface area contributed by atoms with Crippen molar-refractivity contribution in [2.24, 2.45) is 5.92 Å². The molecule has 112 valence electrons. The minimum atomic E-state index is 0.0322. The van der Waals surface area contributed by atoms with Gasteiger partial charge in [0.1, 0.15) is 5.01 Å². The number of aromatic nitrogens is 1. The number of hydrogen-bond acceptors (Lipinski definition) is 4. The fraction of sp³-hybridized carbons (Fsp3) is 0.500. The van der Waals surface area contributed by atoms with Crippen molar-refractivity contribution in [2.45, 2.75) is 25.8 Å². The SMILES string of the molecule is CC(c1nc2ccccc2s1)N(C)C(=O)C1CCNCC1. The van der Waals surface area contributed by atoms with Crippen LogP contribution in [0.4, 0.5) is 0 Å². The summed E-state index contributed by atoms with van der Waals surface area (Å²) in [4.78, 5) is 19.1. The highest BCUT2D eigenvalue weighted by Gasteiger charge is 2.28. The van der Waals surface area contributed by atoms with Crippen LogP contribution in [0.3, 0.4) is 0 Å². The third kappa shape index (κ3) is 2.94. The molecule has 1 aliphatic heterocycles. The van der Waals surface area contributed by atoms with Crippen LogP contribution in [-0.2, 0) is 4.79 Å². The average molecular weight is 303 g/mol. The van der Waals surface area contributed by atoms with Gasteiger partial charge in [0.2, 0.25) is 5.91 Å². The molecule has 0 radical (unpaired) electrons. The minimum absolute atomic E-state index is 0.0322. The Labute approximate surface area is 129 Å². The predicted octanol–water partition coefficient (Wildman–Crippen LogP) is 2.82. The van der Waals surface area contributed by atoms with Crippen LogP contribution in [-0.4, -0.2) is 35.9 Å². The highest BCUT2D eigenvalue weighted by Crippen LogP contribution is 2.30. The summed E-state index contributed by atoms with van der Waals surface area (Å²) in [5, 5.41) is 4.32. The number of carbonyl (C=O) groups excluding carboxylic acids is 1. The van der Waals surface area contributed by atoms with Gasteiger partial charge in [-0.3, -0.25) is 4.79 Å². The number of piperidine rings is 1. The van der Waals surface area contributed by atoms with Crippen molar-refractivity contribution in [3.8, 4) is 0 Å². The van der Waals surface area contributed by atoms with Crippen LogP contribution in [0.5, 0.6) is 0 Å². The van der Waals surface area contributed by atoms with Gasteiger partial charge in [0.25, 0.3) is 0 Å². The normalized spacial score (nSPS) is 17.8. The molecule has 1 aliphatic rings. The number of amides is 1. The summed E-state index contributed by atoms with van der Waals surface area (Å²) in [6.45, 7) is 3.95. The predicted molar refractivity (Wildman–Crippen MR) is 86.4 cm³/mol. The monoisotopic (exact) mass is 303 g/mol. The number of para-hydroxylation sites is 1. The maximum absolute atomic E-state index is 12.6. The standard InChI is InChI=1S/C16H21N3OS/c1-11(15-18-13-5-3-4-6-14(13)21-15)19(2)16(20)12-7-9-17-10-8-12/h3-6,11-12,17H,7-10H2,1-2H3. The first-order chi connectivity index (χ1) is 10.2. The maximum Gasteiger partial charge on any atom is 0.226 e. The number of thiazole rings is 1. The molecule has 0 spiro atoms. The molecule has 1 saturated heterocycles. The van der Waals surface area contributed by atoms with Gasteiger partial charge in [0.15, 0.2) is 0 Å². The summed E-state index contributed by atoms with van der Waals surface area (Å²) in [6, 6.07) is 8.16. The van der Waals surface area contributed by atoms with Crippen LogP contribution in [0.1, 0.15) is 30.8 Å². The molecule has 1 aromatic carbocycles. The number of carbonyl (C=O) groups is 1. The van der Waals surface area contributed by atoms with Gasteiger partial charge in [0.05, 0.1) is 16.3 Å². The molecule has 1 unspecified atom stereocenters. The Morgan fingerprint density at radius 3 is 2.81 bits per heavy atom. The van der Waals surface area contributed by atoms with E-state index in [1.54, 1.807) is 11.3 Å².